The number of likely N-dealkylation sites (tertiary alicyclic amines) is 1. The van der Waals surface area contributed by atoms with Crippen molar-refractivity contribution in [3.05, 3.63) is 107 Å². The van der Waals surface area contributed by atoms with Gasteiger partial charge < -0.3 is 19.9 Å². The normalized spacial score (nSPS) is 15.2. The van der Waals surface area contributed by atoms with Gasteiger partial charge in [0.05, 0.1) is 23.6 Å². The summed E-state index contributed by atoms with van der Waals surface area (Å²) in [5.74, 6) is -0.260. The van der Waals surface area contributed by atoms with Gasteiger partial charge in [0.2, 0.25) is 5.91 Å². The molecule has 1 fully saturated rings. The monoisotopic (exact) mass is 495 g/mol. The Labute approximate surface area is 214 Å². The number of aromatic hydroxyl groups is 1. The standard InChI is InChI=1S/C29H26FN5O2/c30-27-12-21(7-8-24(27)14-31)18-35-19-32-15-25(35)16-33-28-9-10-34(29(28)37)17-20-3-1-4-22(11-20)23-5-2-6-26(36)13-23/h1-8,11-13,15,19,28,33,36H,9-10,16-18H2/t28-/m1/s1. The molecule has 1 atom stereocenters. The first-order chi connectivity index (χ1) is 18.0. The Kier molecular flexibility index (Phi) is 6.97. The summed E-state index contributed by atoms with van der Waals surface area (Å²) >= 11 is 0. The quantitative estimate of drug-likeness (QED) is 0.382. The maximum absolute atomic E-state index is 14.0. The van der Waals surface area contributed by atoms with E-state index in [0.29, 0.717) is 32.6 Å². The third-order valence-corrected chi connectivity index (χ3v) is 6.61. The van der Waals surface area contributed by atoms with Gasteiger partial charge in [0.25, 0.3) is 0 Å². The fraction of sp³-hybridized carbons (Fsp3) is 0.207. The van der Waals surface area contributed by atoms with Crippen molar-refractivity contribution in [3.63, 3.8) is 0 Å². The average molecular weight is 496 g/mol. The molecular formula is C29H26FN5O2. The summed E-state index contributed by atoms with van der Waals surface area (Å²) in [4.78, 5) is 19.2. The minimum Gasteiger partial charge on any atom is -0.508 e. The van der Waals surface area contributed by atoms with Gasteiger partial charge in [-0.3, -0.25) is 4.79 Å². The number of benzene rings is 3. The molecule has 0 aliphatic carbocycles. The van der Waals surface area contributed by atoms with Crippen LogP contribution in [0.25, 0.3) is 11.1 Å². The first kappa shape index (κ1) is 24.2. The van der Waals surface area contributed by atoms with Crippen molar-refractivity contribution in [2.45, 2.75) is 32.1 Å². The number of imidazole rings is 1. The number of hydrogen-bond acceptors (Lipinski definition) is 5. The van der Waals surface area contributed by atoms with Crippen LogP contribution in [-0.2, 0) is 24.4 Å². The van der Waals surface area contributed by atoms with Crippen LogP contribution in [0.5, 0.6) is 5.75 Å². The number of rotatable bonds is 8. The number of carbonyl (C=O) groups is 1. The van der Waals surface area contributed by atoms with Gasteiger partial charge >= 0.3 is 0 Å². The van der Waals surface area contributed by atoms with E-state index >= 15 is 0 Å². The molecule has 2 heterocycles. The van der Waals surface area contributed by atoms with Gasteiger partial charge in [-0.05, 0) is 59.0 Å². The maximum Gasteiger partial charge on any atom is 0.240 e. The number of aromatic nitrogens is 2. The second kappa shape index (κ2) is 10.6. The number of nitrogens with zero attached hydrogens (tertiary/aromatic N) is 4. The van der Waals surface area contributed by atoms with Gasteiger partial charge in [-0.2, -0.15) is 5.26 Å². The van der Waals surface area contributed by atoms with Crippen molar-refractivity contribution in [1.82, 2.24) is 19.8 Å². The van der Waals surface area contributed by atoms with Crippen LogP contribution in [-0.4, -0.2) is 38.1 Å². The SMILES string of the molecule is N#Cc1ccc(Cn2cncc2CN[C@@H]2CCN(Cc3cccc(-c4cccc(O)c4)c3)C2=O)cc1F. The number of nitrogens with one attached hydrogen (secondary N) is 1. The maximum atomic E-state index is 14.0. The molecule has 3 aromatic carbocycles. The lowest BCUT2D eigenvalue weighted by molar-refractivity contribution is -0.129. The van der Waals surface area contributed by atoms with Gasteiger partial charge in [-0.15, -0.1) is 0 Å². The van der Waals surface area contributed by atoms with Crippen LogP contribution in [0.2, 0.25) is 0 Å². The smallest absolute Gasteiger partial charge is 0.240 e. The summed E-state index contributed by atoms with van der Waals surface area (Å²) in [7, 11) is 0. The number of amides is 1. The summed E-state index contributed by atoms with van der Waals surface area (Å²) in [6.45, 7) is 2.05. The van der Waals surface area contributed by atoms with Crippen LogP contribution in [0, 0.1) is 17.1 Å². The predicted octanol–water partition coefficient (Wildman–Crippen LogP) is 4.21. The number of nitriles is 1. The van der Waals surface area contributed by atoms with Crippen LogP contribution in [0.1, 0.15) is 28.8 Å². The van der Waals surface area contributed by atoms with Gasteiger partial charge in [0.1, 0.15) is 17.6 Å². The molecule has 2 N–H and O–H groups in total. The van der Waals surface area contributed by atoms with Crippen molar-refractivity contribution in [2.24, 2.45) is 0 Å². The Morgan fingerprint density at radius 2 is 1.84 bits per heavy atom. The Morgan fingerprint density at radius 1 is 1.05 bits per heavy atom. The van der Waals surface area contributed by atoms with Crippen LogP contribution in [0.15, 0.2) is 79.3 Å². The molecular weight excluding hydrogens is 469 g/mol. The van der Waals surface area contributed by atoms with Gasteiger partial charge in [-0.1, -0.05) is 36.4 Å². The van der Waals surface area contributed by atoms with Crippen molar-refractivity contribution in [2.75, 3.05) is 6.54 Å². The first-order valence-electron chi connectivity index (χ1n) is 12.1. The minimum absolute atomic E-state index is 0.0201. The van der Waals surface area contributed by atoms with E-state index in [1.54, 1.807) is 30.7 Å². The minimum atomic E-state index is -0.538. The highest BCUT2D eigenvalue weighted by atomic mass is 19.1. The second-order valence-corrected chi connectivity index (χ2v) is 9.17. The van der Waals surface area contributed by atoms with E-state index in [0.717, 1.165) is 27.9 Å². The topological polar surface area (TPSA) is 94.2 Å². The third-order valence-electron chi connectivity index (χ3n) is 6.61. The molecule has 0 spiro atoms. The predicted molar refractivity (Wildman–Crippen MR) is 137 cm³/mol. The van der Waals surface area contributed by atoms with Crippen molar-refractivity contribution in [3.8, 4) is 22.9 Å². The molecule has 8 heteroatoms. The molecule has 37 heavy (non-hydrogen) atoms. The Hall–Kier alpha value is -4.48. The van der Waals surface area contributed by atoms with E-state index in [4.69, 9.17) is 5.26 Å². The lowest BCUT2D eigenvalue weighted by Crippen LogP contribution is -2.38. The van der Waals surface area contributed by atoms with E-state index in [9.17, 15) is 14.3 Å². The summed E-state index contributed by atoms with van der Waals surface area (Å²) < 4.78 is 15.9. The highest BCUT2D eigenvalue weighted by molar-refractivity contribution is 5.84. The third kappa shape index (κ3) is 5.52. The van der Waals surface area contributed by atoms with E-state index in [-0.39, 0.29) is 23.3 Å². The summed E-state index contributed by atoms with van der Waals surface area (Å²) in [5, 5.41) is 22.1. The fourth-order valence-electron chi connectivity index (χ4n) is 4.65. The molecule has 1 saturated heterocycles. The molecule has 1 aliphatic rings. The highest BCUT2D eigenvalue weighted by Gasteiger charge is 2.31. The number of phenols is 1. The van der Waals surface area contributed by atoms with E-state index in [1.807, 2.05) is 51.9 Å². The van der Waals surface area contributed by atoms with E-state index < -0.39 is 5.82 Å². The molecule has 0 saturated carbocycles. The lowest BCUT2D eigenvalue weighted by Gasteiger charge is -2.18. The molecule has 1 aliphatic heterocycles. The fourth-order valence-corrected chi connectivity index (χ4v) is 4.65. The number of hydrogen-bond donors (Lipinski definition) is 2. The van der Waals surface area contributed by atoms with E-state index in [1.165, 1.54) is 12.1 Å². The van der Waals surface area contributed by atoms with Gasteiger partial charge in [-0.25, -0.2) is 9.37 Å². The number of phenolic OH excluding ortho intramolecular Hbond substituents is 1. The van der Waals surface area contributed by atoms with Crippen molar-refractivity contribution >= 4 is 5.91 Å². The van der Waals surface area contributed by atoms with Crippen molar-refractivity contribution < 1.29 is 14.3 Å². The average Bonchev–Trinajstić information content (AvgIpc) is 3.49. The zero-order valence-corrected chi connectivity index (χ0v) is 20.1. The molecule has 4 aromatic rings. The molecule has 1 aromatic heterocycles. The van der Waals surface area contributed by atoms with E-state index in [2.05, 4.69) is 10.3 Å². The van der Waals surface area contributed by atoms with Crippen LogP contribution < -0.4 is 5.32 Å². The summed E-state index contributed by atoms with van der Waals surface area (Å²) in [6.07, 6.45) is 4.12. The van der Waals surface area contributed by atoms with Crippen LogP contribution in [0.4, 0.5) is 4.39 Å². The molecule has 0 bridgehead atoms. The Bertz CT molecular complexity index is 1480. The molecule has 1 amide bonds. The Morgan fingerprint density at radius 3 is 2.62 bits per heavy atom. The molecule has 5 rings (SSSR count). The zero-order chi connectivity index (χ0) is 25.8. The number of halogens is 1. The van der Waals surface area contributed by atoms with Crippen LogP contribution in [0.3, 0.4) is 0 Å². The highest BCUT2D eigenvalue weighted by Crippen LogP contribution is 2.25. The van der Waals surface area contributed by atoms with Crippen molar-refractivity contribution in [1.29, 1.82) is 5.26 Å². The molecule has 7 nitrogen and oxygen atoms in total. The second-order valence-electron chi connectivity index (χ2n) is 9.17. The largest absolute Gasteiger partial charge is 0.508 e. The molecule has 186 valence electrons. The molecule has 0 radical (unpaired) electrons. The zero-order valence-electron chi connectivity index (χ0n) is 20.1. The summed E-state index contributed by atoms with van der Waals surface area (Å²) in [5.41, 5.74) is 4.58. The summed E-state index contributed by atoms with van der Waals surface area (Å²) in [6, 6.07) is 21.2. The Balaban J connectivity index is 1.19. The van der Waals surface area contributed by atoms with Crippen LogP contribution >= 0.6 is 0 Å². The lowest BCUT2D eigenvalue weighted by atomic mass is 10.0. The molecule has 0 unspecified atom stereocenters. The number of carbonyl (C=O) groups excluding carboxylic acids is 1. The van der Waals surface area contributed by atoms with Gasteiger partial charge in [0.15, 0.2) is 0 Å². The van der Waals surface area contributed by atoms with Gasteiger partial charge in [0, 0.05) is 32.4 Å². The first-order valence-corrected chi connectivity index (χ1v) is 12.1.